The quantitative estimate of drug-likeness (QED) is 0.901. The van der Waals surface area contributed by atoms with Gasteiger partial charge in [0.05, 0.1) is 0 Å². The number of nitrogens with one attached hydrogen (secondary N) is 1. The van der Waals surface area contributed by atoms with Crippen molar-refractivity contribution in [3.8, 4) is 0 Å². The molecule has 1 saturated heterocycles. The number of benzene rings is 1. The van der Waals surface area contributed by atoms with E-state index in [2.05, 4.69) is 61.3 Å². The molecule has 0 amide bonds. The minimum absolute atomic E-state index is 0.244. The van der Waals surface area contributed by atoms with E-state index in [1.165, 1.54) is 37.9 Å². The number of rotatable bonds is 4. The van der Waals surface area contributed by atoms with Crippen LogP contribution in [-0.4, -0.2) is 30.1 Å². The predicted molar refractivity (Wildman–Crippen MR) is 84.8 cm³/mol. The third-order valence-electron chi connectivity index (χ3n) is 4.68. The highest BCUT2D eigenvalue weighted by atomic mass is 15.2. The van der Waals surface area contributed by atoms with Crippen molar-refractivity contribution in [1.29, 1.82) is 0 Å². The second kappa shape index (κ2) is 5.50. The molecular weight excluding hydrogens is 244 g/mol. The minimum Gasteiger partial charge on any atom is -0.305 e. The highest BCUT2D eigenvalue weighted by Gasteiger charge is 2.36. The Kier molecular flexibility index (Phi) is 3.87. The molecule has 2 fully saturated rings. The van der Waals surface area contributed by atoms with E-state index in [1.807, 2.05) is 0 Å². The number of likely N-dealkylation sites (tertiary alicyclic amines) is 1. The van der Waals surface area contributed by atoms with Gasteiger partial charge >= 0.3 is 0 Å². The van der Waals surface area contributed by atoms with E-state index in [-0.39, 0.29) is 5.41 Å². The Morgan fingerprint density at radius 1 is 1.10 bits per heavy atom. The lowest BCUT2D eigenvalue weighted by atomic mass is 9.82. The van der Waals surface area contributed by atoms with Gasteiger partial charge in [0.25, 0.3) is 0 Å². The topological polar surface area (TPSA) is 15.3 Å². The Morgan fingerprint density at radius 3 is 2.40 bits per heavy atom. The molecule has 110 valence electrons. The van der Waals surface area contributed by atoms with Gasteiger partial charge in [-0.2, -0.15) is 0 Å². The van der Waals surface area contributed by atoms with E-state index in [0.717, 1.165) is 6.04 Å². The molecule has 1 aliphatic carbocycles. The lowest BCUT2D eigenvalue weighted by molar-refractivity contribution is 0.242. The van der Waals surface area contributed by atoms with E-state index in [4.69, 9.17) is 0 Å². The second-order valence-corrected chi connectivity index (χ2v) is 7.59. The van der Waals surface area contributed by atoms with Gasteiger partial charge in [-0.3, -0.25) is 4.90 Å². The van der Waals surface area contributed by atoms with Crippen LogP contribution in [0.1, 0.15) is 51.6 Å². The molecule has 2 unspecified atom stereocenters. The smallest absolute Gasteiger partial charge is 0.0371 e. The first-order chi connectivity index (χ1) is 9.54. The van der Waals surface area contributed by atoms with E-state index < -0.39 is 0 Å². The van der Waals surface area contributed by atoms with Crippen LogP contribution in [0.5, 0.6) is 0 Å². The monoisotopic (exact) mass is 272 g/mol. The lowest BCUT2D eigenvalue weighted by Gasteiger charge is -2.34. The molecule has 1 saturated carbocycles. The van der Waals surface area contributed by atoms with Crippen LogP contribution in [0.25, 0.3) is 0 Å². The maximum Gasteiger partial charge on any atom is 0.0371 e. The SMILES string of the molecule is CC(C)(C)C(NC1CCN(C2CC2)C1)c1ccccc1. The van der Waals surface area contributed by atoms with Crippen LogP contribution >= 0.6 is 0 Å². The summed E-state index contributed by atoms with van der Waals surface area (Å²) in [7, 11) is 0. The zero-order chi connectivity index (χ0) is 14.2. The first kappa shape index (κ1) is 14.1. The van der Waals surface area contributed by atoms with Gasteiger partial charge in [0.15, 0.2) is 0 Å². The summed E-state index contributed by atoms with van der Waals surface area (Å²) in [5.41, 5.74) is 1.67. The molecule has 0 bridgehead atoms. The summed E-state index contributed by atoms with van der Waals surface area (Å²) in [6.07, 6.45) is 4.15. The van der Waals surface area contributed by atoms with Crippen molar-refractivity contribution in [2.24, 2.45) is 5.41 Å². The Labute approximate surface area is 123 Å². The van der Waals surface area contributed by atoms with Crippen LogP contribution in [-0.2, 0) is 0 Å². The van der Waals surface area contributed by atoms with Gasteiger partial charge in [0.1, 0.15) is 0 Å². The minimum atomic E-state index is 0.244. The molecule has 2 heteroatoms. The van der Waals surface area contributed by atoms with Gasteiger partial charge in [0, 0.05) is 31.2 Å². The summed E-state index contributed by atoms with van der Waals surface area (Å²) in [5, 5.41) is 3.94. The average molecular weight is 272 g/mol. The summed E-state index contributed by atoms with van der Waals surface area (Å²) < 4.78 is 0. The number of nitrogens with zero attached hydrogens (tertiary/aromatic N) is 1. The molecule has 3 rings (SSSR count). The van der Waals surface area contributed by atoms with Crippen molar-refractivity contribution in [2.45, 2.75) is 58.2 Å². The van der Waals surface area contributed by atoms with Crippen LogP contribution in [0.4, 0.5) is 0 Å². The van der Waals surface area contributed by atoms with Crippen LogP contribution in [0.15, 0.2) is 30.3 Å². The summed E-state index contributed by atoms with van der Waals surface area (Å²) in [4.78, 5) is 2.68. The number of hydrogen-bond donors (Lipinski definition) is 1. The van der Waals surface area contributed by atoms with Gasteiger partial charge in [-0.15, -0.1) is 0 Å². The van der Waals surface area contributed by atoms with Gasteiger partial charge in [0.2, 0.25) is 0 Å². The van der Waals surface area contributed by atoms with E-state index in [9.17, 15) is 0 Å². The molecule has 0 spiro atoms. The molecule has 2 aliphatic rings. The Morgan fingerprint density at radius 2 is 1.80 bits per heavy atom. The normalized spacial score (nSPS) is 25.9. The Hall–Kier alpha value is -0.860. The van der Waals surface area contributed by atoms with Gasteiger partial charge in [-0.1, -0.05) is 51.1 Å². The fourth-order valence-corrected chi connectivity index (χ4v) is 3.42. The second-order valence-electron chi connectivity index (χ2n) is 7.59. The highest BCUT2D eigenvalue weighted by molar-refractivity contribution is 5.21. The molecule has 1 N–H and O–H groups in total. The molecular formula is C18H28N2. The van der Waals surface area contributed by atoms with Crippen LogP contribution in [0.2, 0.25) is 0 Å². The Balaban J connectivity index is 1.68. The van der Waals surface area contributed by atoms with E-state index in [0.29, 0.717) is 12.1 Å². The van der Waals surface area contributed by atoms with Crippen LogP contribution < -0.4 is 5.32 Å². The maximum atomic E-state index is 3.94. The van der Waals surface area contributed by atoms with Crippen molar-refractivity contribution in [1.82, 2.24) is 10.2 Å². The van der Waals surface area contributed by atoms with Crippen LogP contribution in [0.3, 0.4) is 0 Å². The molecule has 1 aromatic carbocycles. The third kappa shape index (κ3) is 3.24. The first-order valence-corrected chi connectivity index (χ1v) is 8.09. The molecule has 1 heterocycles. The summed E-state index contributed by atoms with van der Waals surface area (Å²) in [5.74, 6) is 0. The molecule has 1 aromatic rings. The van der Waals surface area contributed by atoms with Crippen molar-refractivity contribution in [2.75, 3.05) is 13.1 Å². The molecule has 0 aromatic heterocycles. The summed E-state index contributed by atoms with van der Waals surface area (Å²) >= 11 is 0. The molecule has 2 atom stereocenters. The first-order valence-electron chi connectivity index (χ1n) is 8.09. The van der Waals surface area contributed by atoms with E-state index in [1.54, 1.807) is 0 Å². The number of hydrogen-bond acceptors (Lipinski definition) is 2. The standard InChI is InChI=1S/C18H28N2/c1-18(2,3)17(14-7-5-4-6-8-14)19-15-11-12-20(13-15)16-9-10-16/h4-8,15-17,19H,9-13H2,1-3H3. The Bertz CT molecular complexity index is 430. The van der Waals surface area contributed by atoms with Gasteiger partial charge in [-0.25, -0.2) is 0 Å². The van der Waals surface area contributed by atoms with E-state index >= 15 is 0 Å². The molecule has 20 heavy (non-hydrogen) atoms. The van der Waals surface area contributed by atoms with Crippen molar-refractivity contribution >= 4 is 0 Å². The van der Waals surface area contributed by atoms with Gasteiger partial charge < -0.3 is 5.32 Å². The van der Waals surface area contributed by atoms with Crippen LogP contribution in [0, 0.1) is 5.41 Å². The average Bonchev–Trinajstić information content (AvgIpc) is 3.15. The fourth-order valence-electron chi connectivity index (χ4n) is 3.42. The summed E-state index contributed by atoms with van der Waals surface area (Å²) in [6, 6.07) is 12.9. The maximum absolute atomic E-state index is 3.94. The lowest BCUT2D eigenvalue weighted by Crippen LogP contribution is -2.41. The summed E-state index contributed by atoms with van der Waals surface area (Å²) in [6.45, 7) is 9.54. The molecule has 2 nitrogen and oxygen atoms in total. The zero-order valence-corrected chi connectivity index (χ0v) is 13.1. The predicted octanol–water partition coefficient (Wildman–Crippen LogP) is 3.60. The third-order valence-corrected chi connectivity index (χ3v) is 4.68. The fraction of sp³-hybridized carbons (Fsp3) is 0.667. The molecule has 0 radical (unpaired) electrons. The highest BCUT2D eigenvalue weighted by Crippen LogP contribution is 2.35. The van der Waals surface area contributed by atoms with Crippen molar-refractivity contribution in [3.63, 3.8) is 0 Å². The molecule has 1 aliphatic heterocycles. The van der Waals surface area contributed by atoms with Crippen molar-refractivity contribution < 1.29 is 0 Å². The largest absolute Gasteiger partial charge is 0.305 e. The van der Waals surface area contributed by atoms with Gasteiger partial charge in [-0.05, 0) is 30.2 Å². The van der Waals surface area contributed by atoms with Crippen molar-refractivity contribution in [3.05, 3.63) is 35.9 Å². The zero-order valence-electron chi connectivity index (χ0n) is 13.1.